The van der Waals surface area contributed by atoms with Crippen molar-refractivity contribution < 1.29 is 9.59 Å². The Morgan fingerprint density at radius 2 is 1.64 bits per heavy atom. The molecule has 180 valence electrons. The number of halogens is 1. The van der Waals surface area contributed by atoms with Crippen LogP contribution in [0.15, 0.2) is 107 Å². The van der Waals surface area contributed by atoms with E-state index < -0.39 is 5.92 Å². The minimum atomic E-state index is -0.584. The molecule has 0 spiro atoms. The van der Waals surface area contributed by atoms with Crippen LogP contribution in [0.4, 0.5) is 11.4 Å². The second-order valence-electron chi connectivity index (χ2n) is 8.03. The molecule has 1 atom stereocenters. The summed E-state index contributed by atoms with van der Waals surface area (Å²) >= 11 is 7.21. The number of hydrogen-bond donors (Lipinski definition) is 3. The molecule has 4 rings (SSSR count). The average molecular weight is 515 g/mol. The smallest absolute Gasteiger partial charge is 0.254 e. The molecule has 6 nitrogen and oxygen atoms in total. The molecule has 0 radical (unpaired) electrons. The molecule has 8 heteroatoms. The monoisotopic (exact) mass is 514 g/mol. The van der Waals surface area contributed by atoms with Crippen LogP contribution in [0.1, 0.15) is 18.4 Å². The summed E-state index contributed by atoms with van der Waals surface area (Å²) in [5.74, 6) is -1.05. The Kier molecular flexibility index (Phi) is 8.11. The van der Waals surface area contributed by atoms with Crippen LogP contribution in [0.5, 0.6) is 0 Å². The highest BCUT2D eigenvalue weighted by Gasteiger charge is 2.34. The molecule has 3 aromatic rings. The molecule has 0 aromatic heterocycles. The van der Waals surface area contributed by atoms with Crippen molar-refractivity contribution in [2.75, 3.05) is 16.4 Å². The van der Waals surface area contributed by atoms with Crippen LogP contribution in [0.2, 0.25) is 5.02 Å². The lowest BCUT2D eigenvalue weighted by Gasteiger charge is -2.29. The standard InChI is InChI=1S/C28H23ClN4O2S/c1-18-25(27(35)33-21-12-6-3-7-13-21)26(19-9-4-2-5-10-19)23(16-30)28(31-18)36-17-24(34)32-22-14-8-11-20(29)15-22/h2-15,26,31H,17H2,1H3,(H,32,34)(H,33,35)/t26-/m0/s1. The maximum atomic E-state index is 13.4. The molecule has 0 aliphatic carbocycles. The first-order valence-electron chi connectivity index (χ1n) is 11.2. The summed E-state index contributed by atoms with van der Waals surface area (Å²) in [5, 5.41) is 20.2. The molecule has 2 amide bonds. The molecule has 0 fully saturated rings. The van der Waals surface area contributed by atoms with Crippen LogP contribution in [-0.4, -0.2) is 17.6 Å². The molecule has 3 N–H and O–H groups in total. The zero-order valence-corrected chi connectivity index (χ0v) is 21.0. The van der Waals surface area contributed by atoms with Gasteiger partial charge in [0.05, 0.1) is 28.3 Å². The predicted molar refractivity (Wildman–Crippen MR) is 145 cm³/mol. The molecule has 1 aliphatic heterocycles. The fraction of sp³-hybridized carbons (Fsp3) is 0.107. The largest absolute Gasteiger partial charge is 0.353 e. The number of nitrogens with one attached hydrogen (secondary N) is 3. The summed E-state index contributed by atoms with van der Waals surface area (Å²) in [6.07, 6.45) is 0. The topological polar surface area (TPSA) is 94.0 Å². The summed E-state index contributed by atoms with van der Waals surface area (Å²) in [5.41, 5.74) is 3.52. The zero-order valence-electron chi connectivity index (χ0n) is 19.4. The molecule has 0 saturated carbocycles. The summed E-state index contributed by atoms with van der Waals surface area (Å²) in [4.78, 5) is 26.0. The van der Waals surface area contributed by atoms with Gasteiger partial charge in [0.25, 0.3) is 5.91 Å². The van der Waals surface area contributed by atoms with E-state index in [1.54, 1.807) is 31.2 Å². The van der Waals surface area contributed by atoms with Crippen LogP contribution in [-0.2, 0) is 9.59 Å². The van der Waals surface area contributed by atoms with Gasteiger partial charge in [-0.05, 0) is 42.8 Å². The first-order chi connectivity index (χ1) is 17.5. The van der Waals surface area contributed by atoms with Gasteiger partial charge in [-0.1, -0.05) is 78.0 Å². The van der Waals surface area contributed by atoms with Gasteiger partial charge in [-0.2, -0.15) is 5.26 Å². The predicted octanol–water partition coefficient (Wildman–Crippen LogP) is 6.05. The molecule has 0 bridgehead atoms. The van der Waals surface area contributed by atoms with Crippen LogP contribution in [0, 0.1) is 11.3 Å². The van der Waals surface area contributed by atoms with Gasteiger partial charge >= 0.3 is 0 Å². The molecule has 3 aromatic carbocycles. The van der Waals surface area contributed by atoms with Crippen molar-refractivity contribution >= 4 is 46.6 Å². The second kappa shape index (κ2) is 11.6. The van der Waals surface area contributed by atoms with E-state index in [1.807, 2.05) is 60.7 Å². The van der Waals surface area contributed by atoms with Crippen molar-refractivity contribution in [1.82, 2.24) is 5.32 Å². The highest BCUT2D eigenvalue weighted by atomic mass is 35.5. The summed E-state index contributed by atoms with van der Waals surface area (Å²) < 4.78 is 0. The Hall–Kier alpha value is -3.99. The van der Waals surface area contributed by atoms with Gasteiger partial charge in [-0.25, -0.2) is 0 Å². The molecule has 0 unspecified atom stereocenters. The van der Waals surface area contributed by atoms with E-state index in [4.69, 9.17) is 11.6 Å². The van der Waals surface area contributed by atoms with E-state index >= 15 is 0 Å². The number of anilines is 2. The van der Waals surface area contributed by atoms with Crippen molar-refractivity contribution in [3.63, 3.8) is 0 Å². The molecule has 0 saturated heterocycles. The zero-order chi connectivity index (χ0) is 25.5. The van der Waals surface area contributed by atoms with E-state index in [0.717, 1.165) is 5.56 Å². The van der Waals surface area contributed by atoms with E-state index in [0.29, 0.717) is 38.3 Å². The van der Waals surface area contributed by atoms with Crippen molar-refractivity contribution in [3.8, 4) is 6.07 Å². The SMILES string of the molecule is CC1=C(C(=O)Nc2ccccc2)[C@@H](c2ccccc2)C(C#N)=C(SCC(=O)Nc2cccc(Cl)c2)N1. The van der Waals surface area contributed by atoms with Crippen molar-refractivity contribution in [2.24, 2.45) is 0 Å². The molecule has 1 aliphatic rings. The summed E-state index contributed by atoms with van der Waals surface area (Å²) in [6.45, 7) is 1.80. The van der Waals surface area contributed by atoms with Crippen LogP contribution < -0.4 is 16.0 Å². The molecule has 1 heterocycles. The van der Waals surface area contributed by atoms with Gasteiger partial charge in [-0.15, -0.1) is 0 Å². The lowest BCUT2D eigenvalue weighted by atomic mass is 9.82. The number of allylic oxidation sites excluding steroid dienone is 2. The third kappa shape index (κ3) is 5.98. The quantitative estimate of drug-likeness (QED) is 0.357. The van der Waals surface area contributed by atoms with Gasteiger partial charge in [-0.3, -0.25) is 9.59 Å². The van der Waals surface area contributed by atoms with E-state index in [2.05, 4.69) is 22.0 Å². The number of nitrogens with zero attached hydrogens (tertiary/aromatic N) is 1. The number of dihydropyridines is 1. The van der Waals surface area contributed by atoms with Crippen molar-refractivity contribution in [2.45, 2.75) is 12.8 Å². The first kappa shape index (κ1) is 25.1. The maximum Gasteiger partial charge on any atom is 0.254 e. The Morgan fingerprint density at radius 3 is 2.31 bits per heavy atom. The van der Waals surface area contributed by atoms with Crippen molar-refractivity contribution in [3.05, 3.63) is 117 Å². The first-order valence-corrected chi connectivity index (χ1v) is 12.5. The Labute approximate surface area is 219 Å². The average Bonchev–Trinajstić information content (AvgIpc) is 2.88. The highest BCUT2D eigenvalue weighted by molar-refractivity contribution is 8.03. The molecular formula is C28H23ClN4O2S. The third-order valence-electron chi connectivity index (χ3n) is 5.51. The Bertz CT molecular complexity index is 1380. The summed E-state index contributed by atoms with van der Waals surface area (Å²) in [7, 11) is 0. The number of thioether (sulfide) groups is 1. The van der Waals surface area contributed by atoms with Gasteiger partial charge in [0.1, 0.15) is 0 Å². The van der Waals surface area contributed by atoms with E-state index in [1.165, 1.54) is 11.8 Å². The van der Waals surface area contributed by atoms with Crippen LogP contribution in [0.3, 0.4) is 0 Å². The molecule has 36 heavy (non-hydrogen) atoms. The fourth-order valence-corrected chi connectivity index (χ4v) is 5.01. The number of benzene rings is 3. The maximum absolute atomic E-state index is 13.4. The normalized spacial score (nSPS) is 15.1. The van der Waals surface area contributed by atoms with Gasteiger partial charge in [0, 0.05) is 27.7 Å². The number of hydrogen-bond acceptors (Lipinski definition) is 5. The second-order valence-corrected chi connectivity index (χ2v) is 9.45. The number of amides is 2. The van der Waals surface area contributed by atoms with Crippen molar-refractivity contribution in [1.29, 1.82) is 5.26 Å². The number of carbonyl (C=O) groups is 2. The third-order valence-corrected chi connectivity index (χ3v) is 6.76. The number of nitriles is 1. The van der Waals surface area contributed by atoms with Gasteiger partial charge < -0.3 is 16.0 Å². The van der Waals surface area contributed by atoms with E-state index in [9.17, 15) is 14.9 Å². The highest BCUT2D eigenvalue weighted by Crippen LogP contribution is 2.40. The lowest BCUT2D eigenvalue weighted by Crippen LogP contribution is -2.31. The van der Waals surface area contributed by atoms with Crippen LogP contribution >= 0.6 is 23.4 Å². The molecular weight excluding hydrogens is 492 g/mol. The fourth-order valence-electron chi connectivity index (χ4n) is 3.93. The van der Waals surface area contributed by atoms with Gasteiger partial charge in [0.2, 0.25) is 5.91 Å². The minimum Gasteiger partial charge on any atom is -0.353 e. The van der Waals surface area contributed by atoms with E-state index in [-0.39, 0.29) is 17.6 Å². The minimum absolute atomic E-state index is 0.0698. The number of carbonyl (C=O) groups excluding carboxylic acids is 2. The summed E-state index contributed by atoms with van der Waals surface area (Å²) in [6, 6.07) is 27.8. The number of para-hydroxylation sites is 1. The Balaban J connectivity index is 1.60. The lowest BCUT2D eigenvalue weighted by molar-refractivity contribution is -0.114. The van der Waals surface area contributed by atoms with Gasteiger partial charge in [0.15, 0.2) is 0 Å². The Morgan fingerprint density at radius 1 is 0.972 bits per heavy atom. The van der Waals surface area contributed by atoms with Crippen LogP contribution in [0.25, 0.3) is 0 Å². The number of rotatable bonds is 7.